The molecule has 0 aromatic heterocycles. The number of benzene rings is 1. The second-order valence-corrected chi connectivity index (χ2v) is 10.8. The van der Waals surface area contributed by atoms with Gasteiger partial charge in [0.15, 0.2) is 18.2 Å². The third kappa shape index (κ3) is 8.04. The Morgan fingerprint density at radius 1 is 1.23 bits per heavy atom. The van der Waals surface area contributed by atoms with Gasteiger partial charge < -0.3 is 19.9 Å². The number of amides is 2. The summed E-state index contributed by atoms with van der Waals surface area (Å²) < 4.78 is 26.0. The molecule has 194 valence electrons. The molecule has 35 heavy (non-hydrogen) atoms. The minimum Gasteiger partial charge on any atom is -0.490 e. The molecule has 3 rings (SSSR count). The van der Waals surface area contributed by atoms with E-state index in [9.17, 15) is 14.0 Å². The maximum atomic E-state index is 14.8. The molecule has 0 bridgehead atoms. The van der Waals surface area contributed by atoms with Gasteiger partial charge in [-0.3, -0.25) is 4.79 Å². The van der Waals surface area contributed by atoms with E-state index in [1.54, 1.807) is 6.07 Å². The highest BCUT2D eigenvalue weighted by molar-refractivity contribution is 5.80. The van der Waals surface area contributed by atoms with Gasteiger partial charge in [-0.1, -0.05) is 12.1 Å². The normalized spacial score (nSPS) is 23.7. The number of likely N-dealkylation sites (tertiary alicyclic amines) is 1. The van der Waals surface area contributed by atoms with Crippen LogP contribution in [-0.2, 0) is 9.53 Å². The number of rotatable bonds is 7. The van der Waals surface area contributed by atoms with E-state index in [-0.39, 0.29) is 48.1 Å². The average Bonchev–Trinajstić information content (AvgIpc) is 2.82. The van der Waals surface area contributed by atoms with Crippen molar-refractivity contribution in [2.24, 2.45) is 11.8 Å². The van der Waals surface area contributed by atoms with Crippen molar-refractivity contribution < 1.29 is 33.5 Å². The monoisotopic (exact) mass is 492 g/mol. The molecule has 1 aromatic carbocycles. The topological polar surface area (TPSA) is 92.0 Å². The van der Waals surface area contributed by atoms with Crippen LogP contribution in [0.1, 0.15) is 65.4 Å². The number of piperidine rings is 1. The molecular formula is C27H41FN2O5+2. The van der Waals surface area contributed by atoms with Crippen LogP contribution in [0.4, 0.5) is 9.18 Å². The fraction of sp³-hybridized carbons (Fsp3) is 0.630. The molecule has 1 heterocycles. The Kier molecular flexibility index (Phi) is 9.30. The Morgan fingerprint density at radius 2 is 1.94 bits per heavy atom. The van der Waals surface area contributed by atoms with Crippen molar-refractivity contribution in [1.29, 1.82) is 0 Å². The first-order chi connectivity index (χ1) is 16.6. The van der Waals surface area contributed by atoms with E-state index in [1.807, 2.05) is 39.8 Å². The van der Waals surface area contributed by atoms with E-state index in [0.29, 0.717) is 39.0 Å². The van der Waals surface area contributed by atoms with Gasteiger partial charge in [0, 0.05) is 24.7 Å². The van der Waals surface area contributed by atoms with Crippen molar-refractivity contribution in [1.82, 2.24) is 5.32 Å². The lowest BCUT2D eigenvalue weighted by Gasteiger charge is -2.29. The lowest BCUT2D eigenvalue weighted by atomic mass is 9.86. The molecule has 1 saturated heterocycles. The summed E-state index contributed by atoms with van der Waals surface area (Å²) >= 11 is 0. The highest BCUT2D eigenvalue weighted by atomic mass is 19.1. The lowest BCUT2D eigenvalue weighted by molar-refractivity contribution is -0.832. The first-order valence-electron chi connectivity index (χ1n) is 12.7. The van der Waals surface area contributed by atoms with Crippen molar-refractivity contribution in [3.05, 3.63) is 35.7 Å². The van der Waals surface area contributed by atoms with Gasteiger partial charge in [-0.15, -0.1) is 0 Å². The molecule has 1 fully saturated rings. The van der Waals surface area contributed by atoms with Gasteiger partial charge in [-0.05, 0) is 70.2 Å². The van der Waals surface area contributed by atoms with Crippen molar-refractivity contribution in [2.45, 2.75) is 71.4 Å². The predicted octanol–water partition coefficient (Wildman–Crippen LogP) is 2.85. The SMILES string of the molecule is C[C@@H](C[OH2+])NC(=O)C1CC=C(c2ccc(OCC3CC[NH+](C(=O)OC(C)(C)C)CC3)c(F)c2)CC1. The number of halogens is 1. The number of carbonyl (C=O) groups is 2. The Hall–Kier alpha value is -2.45. The molecule has 0 radical (unpaired) electrons. The molecule has 8 heteroatoms. The van der Waals surface area contributed by atoms with Crippen molar-refractivity contribution >= 4 is 17.6 Å². The largest absolute Gasteiger partial charge is 0.514 e. The third-order valence-corrected chi connectivity index (χ3v) is 6.65. The highest BCUT2D eigenvalue weighted by Gasteiger charge is 2.32. The van der Waals surface area contributed by atoms with Crippen molar-refractivity contribution in [2.75, 3.05) is 26.3 Å². The highest BCUT2D eigenvalue weighted by Crippen LogP contribution is 2.32. The molecule has 7 nitrogen and oxygen atoms in total. The second kappa shape index (κ2) is 12.0. The number of allylic oxidation sites excluding steroid dienone is 2. The molecule has 4 N–H and O–H groups in total. The molecule has 1 aliphatic carbocycles. The number of quaternary nitrogens is 1. The van der Waals surface area contributed by atoms with Crippen LogP contribution in [0.25, 0.3) is 5.57 Å². The van der Waals surface area contributed by atoms with Gasteiger partial charge in [-0.2, -0.15) is 4.79 Å². The van der Waals surface area contributed by atoms with E-state index in [4.69, 9.17) is 14.6 Å². The average molecular weight is 493 g/mol. The number of alkyl carbamates (subject to hydrolysis) is 2. The Bertz CT molecular complexity index is 919. The zero-order valence-corrected chi connectivity index (χ0v) is 21.4. The summed E-state index contributed by atoms with van der Waals surface area (Å²) in [7, 11) is 0. The number of hydrogen-bond acceptors (Lipinski definition) is 4. The van der Waals surface area contributed by atoms with Crippen LogP contribution in [0, 0.1) is 17.7 Å². The fourth-order valence-corrected chi connectivity index (χ4v) is 4.52. The van der Waals surface area contributed by atoms with Crippen LogP contribution in [0.5, 0.6) is 5.75 Å². The van der Waals surface area contributed by atoms with Crippen LogP contribution in [0.15, 0.2) is 24.3 Å². The number of ether oxygens (including phenoxy) is 2. The van der Waals surface area contributed by atoms with Crippen LogP contribution in [0.3, 0.4) is 0 Å². The van der Waals surface area contributed by atoms with Crippen LogP contribution < -0.4 is 15.0 Å². The fourth-order valence-electron chi connectivity index (χ4n) is 4.52. The van der Waals surface area contributed by atoms with E-state index < -0.39 is 5.60 Å². The second-order valence-electron chi connectivity index (χ2n) is 10.8. The number of hydrogen-bond donors (Lipinski definition) is 2. The van der Waals surface area contributed by atoms with Gasteiger partial charge in [0.05, 0.1) is 25.7 Å². The number of carbonyl (C=O) groups excluding carboxylic acids is 2. The minimum absolute atomic E-state index is 0.00601. The minimum atomic E-state index is -0.487. The summed E-state index contributed by atoms with van der Waals surface area (Å²) in [6, 6.07) is 4.93. The quantitative estimate of drug-likeness (QED) is 0.573. The molecule has 1 aliphatic heterocycles. The summed E-state index contributed by atoms with van der Waals surface area (Å²) in [5, 5.41) is 10.2. The van der Waals surface area contributed by atoms with Gasteiger partial charge in [0.2, 0.25) is 5.91 Å². The number of nitrogens with one attached hydrogen (secondary N) is 2. The smallest absolute Gasteiger partial charge is 0.490 e. The van der Waals surface area contributed by atoms with Crippen molar-refractivity contribution in [3.8, 4) is 5.75 Å². The maximum absolute atomic E-state index is 14.8. The van der Waals surface area contributed by atoms with E-state index in [2.05, 4.69) is 5.32 Å². The summed E-state index contributed by atoms with van der Waals surface area (Å²) in [4.78, 5) is 25.4. The first kappa shape index (κ1) is 27.1. The van der Waals surface area contributed by atoms with E-state index >= 15 is 0 Å². The zero-order chi connectivity index (χ0) is 25.6. The standard InChI is InChI=1S/C27H39FN2O5/c1-18(16-31)29-25(32)21-7-5-20(6-8-21)22-9-10-24(23(28)15-22)34-17-19-11-13-30(14-12-19)26(33)35-27(2,3)4/h5,9-10,15,18-19,21,31H,6-8,11-14,16-17H2,1-4H3,(H,29,32)/p+2/t18-,21?/m0/s1. The Labute approximate surface area is 207 Å². The van der Waals surface area contributed by atoms with Gasteiger partial charge >= 0.3 is 6.09 Å². The summed E-state index contributed by atoms with van der Waals surface area (Å²) in [5.41, 5.74) is 1.38. The van der Waals surface area contributed by atoms with Crippen LogP contribution in [0.2, 0.25) is 0 Å². The van der Waals surface area contributed by atoms with Crippen LogP contribution in [-0.4, -0.2) is 55.1 Å². The Balaban J connectivity index is 1.47. The van der Waals surface area contributed by atoms with Gasteiger partial charge in [0.25, 0.3) is 0 Å². The molecule has 1 aromatic rings. The van der Waals surface area contributed by atoms with Gasteiger partial charge in [0.1, 0.15) is 5.60 Å². The van der Waals surface area contributed by atoms with Crippen LogP contribution >= 0.6 is 0 Å². The summed E-state index contributed by atoms with van der Waals surface area (Å²) in [5.74, 6) is 0.0394. The van der Waals surface area contributed by atoms with E-state index in [1.165, 1.54) is 6.07 Å². The molecule has 2 aliphatic rings. The summed E-state index contributed by atoms with van der Waals surface area (Å²) in [6.45, 7) is 9.41. The Morgan fingerprint density at radius 3 is 2.51 bits per heavy atom. The molecule has 1 unspecified atom stereocenters. The maximum Gasteiger partial charge on any atom is 0.514 e. The molecule has 0 saturated carbocycles. The predicted molar refractivity (Wildman–Crippen MR) is 133 cm³/mol. The third-order valence-electron chi connectivity index (χ3n) is 6.65. The van der Waals surface area contributed by atoms with Gasteiger partial charge in [-0.25, -0.2) is 9.29 Å². The lowest BCUT2D eigenvalue weighted by Crippen LogP contribution is -3.15. The summed E-state index contributed by atoms with van der Waals surface area (Å²) in [6.07, 6.45) is 5.53. The zero-order valence-electron chi connectivity index (χ0n) is 21.4. The molecule has 2 amide bonds. The molecular weight excluding hydrogens is 451 g/mol. The first-order valence-corrected chi connectivity index (χ1v) is 12.7. The van der Waals surface area contributed by atoms with Crippen molar-refractivity contribution in [3.63, 3.8) is 0 Å². The molecule has 0 spiro atoms. The van der Waals surface area contributed by atoms with E-state index in [0.717, 1.165) is 28.9 Å². The molecule has 2 atom stereocenters.